The maximum Gasteiger partial charge on any atom is 0.0542 e. The van der Waals surface area contributed by atoms with Gasteiger partial charge >= 0.3 is 0 Å². The summed E-state index contributed by atoms with van der Waals surface area (Å²) in [5, 5.41) is 7.33. The molecule has 0 radical (unpaired) electrons. The van der Waals surface area contributed by atoms with Gasteiger partial charge in [-0.25, -0.2) is 0 Å². The monoisotopic (exact) mass is 738 g/mol. The first-order valence-electron chi connectivity index (χ1n) is 19.9. The first kappa shape index (κ1) is 33.6. The summed E-state index contributed by atoms with van der Waals surface area (Å²) in [6, 6.07) is 83.7. The topological polar surface area (TPSA) is 8.17 Å². The Kier molecular flexibility index (Phi) is 8.19. The van der Waals surface area contributed by atoms with Crippen molar-refractivity contribution in [1.29, 1.82) is 0 Å². The van der Waals surface area contributed by atoms with E-state index in [4.69, 9.17) is 0 Å². The van der Waals surface area contributed by atoms with Gasteiger partial charge in [0.05, 0.1) is 16.7 Å². The molecule has 0 saturated heterocycles. The Morgan fingerprint density at radius 1 is 0.293 bits per heavy atom. The van der Waals surface area contributed by atoms with E-state index in [1.54, 1.807) is 0 Å². The summed E-state index contributed by atoms with van der Waals surface area (Å²) >= 11 is 0. The van der Waals surface area contributed by atoms with E-state index in [1.807, 2.05) is 0 Å². The molecule has 272 valence electrons. The highest BCUT2D eigenvalue weighted by atomic mass is 15.1. The number of hydrogen-bond acceptors (Lipinski definition) is 1. The molecule has 0 amide bonds. The highest BCUT2D eigenvalue weighted by Gasteiger charge is 2.20. The minimum atomic E-state index is 1.11. The lowest BCUT2D eigenvalue weighted by Crippen LogP contribution is -2.11. The van der Waals surface area contributed by atoms with E-state index in [-0.39, 0.29) is 0 Å². The van der Waals surface area contributed by atoms with Crippen LogP contribution in [0, 0.1) is 0 Å². The maximum absolute atomic E-state index is 2.43. The molecule has 1 aromatic heterocycles. The number of benzene rings is 10. The van der Waals surface area contributed by atoms with Crippen molar-refractivity contribution in [3.63, 3.8) is 0 Å². The van der Waals surface area contributed by atoms with E-state index in [0.717, 1.165) is 22.7 Å². The normalized spacial score (nSPS) is 11.4. The van der Waals surface area contributed by atoms with Crippen molar-refractivity contribution in [2.75, 3.05) is 4.90 Å². The third kappa shape index (κ3) is 5.91. The van der Waals surface area contributed by atoms with Crippen molar-refractivity contribution in [2.45, 2.75) is 0 Å². The standard InChI is InChI=1S/C56H38N2/c1-4-14-39(15-5-1)42-26-24-40-25-27-44(36-47(40)35-42)43-28-29-46-37-49(31-30-45(46)34-43)57(54-22-12-10-20-51(54)41-16-6-2-7-17-41)50-32-33-56-53(38-50)52-21-11-13-23-55(52)58(56)48-18-8-3-9-19-48/h1-38H. The first-order valence-corrected chi connectivity index (χ1v) is 19.9. The first-order chi connectivity index (χ1) is 28.7. The summed E-state index contributed by atoms with van der Waals surface area (Å²) in [7, 11) is 0. The van der Waals surface area contributed by atoms with Gasteiger partial charge in [-0.2, -0.15) is 0 Å². The predicted octanol–water partition coefficient (Wildman–Crippen LogP) is 15.6. The van der Waals surface area contributed by atoms with Gasteiger partial charge in [0.2, 0.25) is 0 Å². The van der Waals surface area contributed by atoms with Gasteiger partial charge in [-0.1, -0.05) is 158 Å². The zero-order valence-electron chi connectivity index (χ0n) is 31.8. The highest BCUT2D eigenvalue weighted by Crippen LogP contribution is 2.44. The van der Waals surface area contributed by atoms with Crippen molar-refractivity contribution in [2.24, 2.45) is 0 Å². The van der Waals surface area contributed by atoms with E-state index in [2.05, 4.69) is 240 Å². The number of rotatable bonds is 7. The van der Waals surface area contributed by atoms with Crippen LogP contribution in [0.1, 0.15) is 0 Å². The Morgan fingerprint density at radius 3 is 1.57 bits per heavy atom. The van der Waals surface area contributed by atoms with Crippen LogP contribution in [-0.2, 0) is 0 Å². The lowest BCUT2D eigenvalue weighted by Gasteiger charge is -2.28. The van der Waals surface area contributed by atoms with Crippen LogP contribution in [0.4, 0.5) is 17.1 Å². The quantitative estimate of drug-likeness (QED) is 0.158. The Bertz CT molecular complexity index is 3270. The molecule has 0 unspecified atom stereocenters. The van der Waals surface area contributed by atoms with Crippen LogP contribution < -0.4 is 4.90 Å². The summed E-state index contributed by atoms with van der Waals surface area (Å²) in [6.45, 7) is 0. The third-order valence-corrected chi connectivity index (χ3v) is 11.5. The average molecular weight is 739 g/mol. The van der Waals surface area contributed by atoms with Gasteiger partial charge in [-0.3, -0.25) is 0 Å². The van der Waals surface area contributed by atoms with Gasteiger partial charge in [0.1, 0.15) is 0 Å². The summed E-state index contributed by atoms with van der Waals surface area (Å²) in [5.74, 6) is 0. The molecular formula is C56H38N2. The molecule has 58 heavy (non-hydrogen) atoms. The lowest BCUT2D eigenvalue weighted by molar-refractivity contribution is 1.18. The molecule has 0 fully saturated rings. The Morgan fingerprint density at radius 2 is 0.810 bits per heavy atom. The van der Waals surface area contributed by atoms with Crippen LogP contribution >= 0.6 is 0 Å². The number of fused-ring (bicyclic) bond motifs is 5. The molecule has 0 saturated carbocycles. The fourth-order valence-corrected chi connectivity index (χ4v) is 8.70. The number of nitrogens with zero attached hydrogens (tertiary/aromatic N) is 2. The van der Waals surface area contributed by atoms with Gasteiger partial charge in [0, 0.05) is 33.4 Å². The predicted molar refractivity (Wildman–Crippen MR) is 247 cm³/mol. The van der Waals surface area contributed by atoms with Crippen LogP contribution in [0.15, 0.2) is 231 Å². The molecule has 11 aromatic rings. The van der Waals surface area contributed by atoms with Gasteiger partial charge in [0.15, 0.2) is 0 Å². The summed E-state index contributed by atoms with van der Waals surface area (Å²) in [6.07, 6.45) is 0. The lowest BCUT2D eigenvalue weighted by atomic mass is 9.96. The maximum atomic E-state index is 2.43. The van der Waals surface area contributed by atoms with E-state index in [1.165, 1.54) is 76.7 Å². The molecule has 10 aromatic carbocycles. The fraction of sp³-hybridized carbons (Fsp3) is 0. The summed E-state index contributed by atoms with van der Waals surface area (Å²) < 4.78 is 2.38. The molecule has 0 aliphatic carbocycles. The molecule has 11 rings (SSSR count). The summed E-state index contributed by atoms with van der Waals surface area (Å²) in [4.78, 5) is 2.43. The second-order valence-corrected chi connectivity index (χ2v) is 15.0. The molecule has 0 aliphatic rings. The average Bonchev–Trinajstić information content (AvgIpc) is 3.63. The molecule has 0 spiro atoms. The van der Waals surface area contributed by atoms with Crippen LogP contribution in [-0.4, -0.2) is 4.57 Å². The van der Waals surface area contributed by atoms with Gasteiger partial charge < -0.3 is 9.47 Å². The van der Waals surface area contributed by atoms with E-state index < -0.39 is 0 Å². The Hall–Kier alpha value is -7.68. The largest absolute Gasteiger partial charge is 0.310 e. The Balaban J connectivity index is 1.05. The van der Waals surface area contributed by atoms with Crippen LogP contribution in [0.3, 0.4) is 0 Å². The number of anilines is 3. The molecule has 2 nitrogen and oxygen atoms in total. The zero-order valence-corrected chi connectivity index (χ0v) is 31.8. The third-order valence-electron chi connectivity index (χ3n) is 11.5. The van der Waals surface area contributed by atoms with Crippen molar-refractivity contribution in [1.82, 2.24) is 4.57 Å². The smallest absolute Gasteiger partial charge is 0.0542 e. The van der Waals surface area contributed by atoms with Crippen molar-refractivity contribution in [3.8, 4) is 39.1 Å². The van der Waals surface area contributed by atoms with Crippen molar-refractivity contribution in [3.05, 3.63) is 231 Å². The second-order valence-electron chi connectivity index (χ2n) is 15.0. The van der Waals surface area contributed by atoms with E-state index in [0.29, 0.717) is 0 Å². The minimum absolute atomic E-state index is 1.11. The van der Waals surface area contributed by atoms with Gasteiger partial charge in [0.25, 0.3) is 0 Å². The molecule has 0 aliphatic heterocycles. The molecule has 0 atom stereocenters. The minimum Gasteiger partial charge on any atom is -0.310 e. The van der Waals surface area contributed by atoms with Crippen LogP contribution in [0.5, 0.6) is 0 Å². The van der Waals surface area contributed by atoms with Crippen LogP contribution in [0.25, 0.3) is 82.4 Å². The highest BCUT2D eigenvalue weighted by molar-refractivity contribution is 6.11. The SMILES string of the molecule is c1ccc(-c2ccc3ccc(-c4ccc5cc(N(c6ccc7c(c6)c6ccccc6n7-c6ccccc6)c6ccccc6-c6ccccc6)ccc5c4)cc3c2)cc1. The molecule has 0 bridgehead atoms. The van der Waals surface area contributed by atoms with E-state index in [9.17, 15) is 0 Å². The molecule has 1 heterocycles. The van der Waals surface area contributed by atoms with Gasteiger partial charge in [-0.05, 0) is 122 Å². The fourth-order valence-electron chi connectivity index (χ4n) is 8.70. The number of para-hydroxylation sites is 3. The zero-order chi connectivity index (χ0) is 38.4. The van der Waals surface area contributed by atoms with Crippen molar-refractivity contribution < 1.29 is 0 Å². The number of hydrogen-bond donors (Lipinski definition) is 0. The van der Waals surface area contributed by atoms with Crippen LogP contribution in [0.2, 0.25) is 0 Å². The molecule has 0 N–H and O–H groups in total. The number of aromatic nitrogens is 1. The van der Waals surface area contributed by atoms with E-state index >= 15 is 0 Å². The summed E-state index contributed by atoms with van der Waals surface area (Å²) in [5.41, 5.74) is 14.1. The molecular weight excluding hydrogens is 701 g/mol. The molecule has 2 heteroatoms. The Labute approximate surface area is 338 Å². The second kappa shape index (κ2) is 14.1. The van der Waals surface area contributed by atoms with Crippen molar-refractivity contribution >= 4 is 60.4 Å². The van der Waals surface area contributed by atoms with Gasteiger partial charge in [-0.15, -0.1) is 0 Å².